The third kappa shape index (κ3) is 5.38. The molecule has 1 amide bonds. The maximum Gasteiger partial charge on any atom is 0.260 e. The molecule has 0 radical (unpaired) electrons. The monoisotopic (exact) mass is 425 g/mol. The first-order valence-corrected chi connectivity index (χ1v) is 10.0. The van der Waals surface area contributed by atoms with Gasteiger partial charge in [0.15, 0.2) is 18.1 Å². The van der Waals surface area contributed by atoms with Crippen molar-refractivity contribution in [2.24, 2.45) is 0 Å². The van der Waals surface area contributed by atoms with E-state index in [1.807, 2.05) is 17.0 Å². The van der Waals surface area contributed by atoms with Gasteiger partial charge in [-0.25, -0.2) is 0 Å². The fraction of sp³-hybridized carbons (Fsp3) is 0.391. The number of rotatable bonds is 8. The van der Waals surface area contributed by atoms with Gasteiger partial charge in [-0.3, -0.25) is 9.69 Å². The zero-order valence-electron chi connectivity index (χ0n) is 18.1. The second kappa shape index (κ2) is 10.5. The van der Waals surface area contributed by atoms with Crippen LogP contribution in [0.4, 0.5) is 0 Å². The molecule has 0 unspecified atom stereocenters. The summed E-state index contributed by atoms with van der Waals surface area (Å²) in [5, 5.41) is 8.84. The van der Waals surface area contributed by atoms with Gasteiger partial charge in [0.05, 0.1) is 33.0 Å². The van der Waals surface area contributed by atoms with E-state index in [0.29, 0.717) is 48.2 Å². The Bertz CT molecular complexity index is 931. The highest BCUT2D eigenvalue weighted by Gasteiger charge is 2.23. The van der Waals surface area contributed by atoms with Gasteiger partial charge in [0.25, 0.3) is 5.91 Å². The van der Waals surface area contributed by atoms with Crippen LogP contribution in [-0.2, 0) is 11.3 Å². The average Bonchev–Trinajstić information content (AvgIpc) is 2.82. The lowest BCUT2D eigenvalue weighted by molar-refractivity contribution is -0.135. The maximum absolute atomic E-state index is 12.5. The summed E-state index contributed by atoms with van der Waals surface area (Å²) in [4.78, 5) is 16.6. The van der Waals surface area contributed by atoms with Gasteiger partial charge in [-0.1, -0.05) is 6.07 Å². The summed E-state index contributed by atoms with van der Waals surface area (Å²) in [6, 6.07) is 12.6. The van der Waals surface area contributed by atoms with Crippen molar-refractivity contribution in [1.29, 1.82) is 5.26 Å². The van der Waals surface area contributed by atoms with E-state index in [1.165, 1.54) is 0 Å². The Labute approximate surface area is 182 Å². The summed E-state index contributed by atoms with van der Waals surface area (Å²) >= 11 is 0. The van der Waals surface area contributed by atoms with Crippen LogP contribution < -0.4 is 18.9 Å². The summed E-state index contributed by atoms with van der Waals surface area (Å²) in [6.45, 7) is 3.43. The molecule has 164 valence electrons. The molecule has 1 saturated heterocycles. The van der Waals surface area contributed by atoms with Crippen LogP contribution in [-0.4, -0.2) is 69.8 Å². The number of carbonyl (C=O) groups excluding carboxylic acids is 1. The number of benzene rings is 2. The molecule has 2 aromatic rings. The molecule has 0 atom stereocenters. The second-order valence-corrected chi connectivity index (χ2v) is 7.08. The number of piperazine rings is 1. The quantitative estimate of drug-likeness (QED) is 0.642. The molecule has 1 aliphatic rings. The van der Waals surface area contributed by atoms with Gasteiger partial charge in [-0.05, 0) is 30.3 Å². The Balaban J connectivity index is 1.52. The van der Waals surface area contributed by atoms with E-state index in [4.69, 9.17) is 24.2 Å². The fourth-order valence-electron chi connectivity index (χ4n) is 3.55. The summed E-state index contributed by atoms with van der Waals surface area (Å²) in [5.74, 6) is 2.40. The van der Waals surface area contributed by atoms with Crippen molar-refractivity contribution in [2.75, 3.05) is 54.1 Å². The van der Waals surface area contributed by atoms with Crippen LogP contribution in [0, 0.1) is 11.3 Å². The number of nitrogens with zero attached hydrogens (tertiary/aromatic N) is 3. The second-order valence-electron chi connectivity index (χ2n) is 7.08. The van der Waals surface area contributed by atoms with Gasteiger partial charge in [0, 0.05) is 38.3 Å². The Kier molecular flexibility index (Phi) is 7.57. The van der Waals surface area contributed by atoms with Crippen LogP contribution >= 0.6 is 0 Å². The zero-order chi connectivity index (χ0) is 22.2. The standard InChI is InChI=1S/C23H27N3O5/c1-28-20-9-6-18(22(29-2)23(20)30-3)15-25-10-12-26(13-11-25)21(27)16-31-19-7-4-17(14-24)5-8-19/h4-9H,10-13,15-16H2,1-3H3. The summed E-state index contributed by atoms with van der Waals surface area (Å²) in [6.07, 6.45) is 0. The number of ether oxygens (including phenoxy) is 4. The predicted octanol–water partition coefficient (Wildman–Crippen LogP) is 2.31. The summed E-state index contributed by atoms with van der Waals surface area (Å²) in [7, 11) is 4.80. The molecule has 8 nitrogen and oxygen atoms in total. The molecule has 0 N–H and O–H groups in total. The third-order valence-electron chi connectivity index (χ3n) is 5.25. The first-order valence-electron chi connectivity index (χ1n) is 10.0. The van der Waals surface area contributed by atoms with E-state index in [9.17, 15) is 4.79 Å². The molecule has 0 aliphatic carbocycles. The van der Waals surface area contributed by atoms with Gasteiger partial charge in [-0.15, -0.1) is 0 Å². The van der Waals surface area contributed by atoms with E-state index in [1.54, 1.807) is 45.6 Å². The molecule has 1 fully saturated rings. The van der Waals surface area contributed by atoms with E-state index < -0.39 is 0 Å². The maximum atomic E-state index is 12.5. The lowest BCUT2D eigenvalue weighted by Gasteiger charge is -2.35. The van der Waals surface area contributed by atoms with Crippen molar-refractivity contribution in [2.45, 2.75) is 6.54 Å². The first kappa shape index (κ1) is 22.2. The van der Waals surface area contributed by atoms with Crippen LogP contribution in [0.15, 0.2) is 36.4 Å². The lowest BCUT2D eigenvalue weighted by atomic mass is 10.1. The molecule has 0 saturated carbocycles. The van der Waals surface area contributed by atoms with Gasteiger partial charge in [0.1, 0.15) is 5.75 Å². The molecule has 1 aliphatic heterocycles. The Morgan fingerprint density at radius 2 is 1.61 bits per heavy atom. The minimum absolute atomic E-state index is 0.0185. The van der Waals surface area contributed by atoms with Gasteiger partial charge in [-0.2, -0.15) is 5.26 Å². The SMILES string of the molecule is COc1ccc(CN2CCN(C(=O)COc3ccc(C#N)cc3)CC2)c(OC)c1OC. The van der Waals surface area contributed by atoms with E-state index in [-0.39, 0.29) is 12.5 Å². The van der Waals surface area contributed by atoms with Crippen molar-refractivity contribution < 1.29 is 23.7 Å². The zero-order valence-corrected chi connectivity index (χ0v) is 18.1. The lowest BCUT2D eigenvalue weighted by Crippen LogP contribution is -2.49. The molecule has 0 spiro atoms. The van der Waals surface area contributed by atoms with Crippen molar-refractivity contribution in [3.8, 4) is 29.1 Å². The Morgan fingerprint density at radius 3 is 2.19 bits per heavy atom. The normalized spacial score (nSPS) is 13.9. The third-order valence-corrected chi connectivity index (χ3v) is 5.25. The van der Waals surface area contributed by atoms with Crippen molar-refractivity contribution in [3.63, 3.8) is 0 Å². The van der Waals surface area contributed by atoms with Gasteiger partial charge in [0.2, 0.25) is 5.75 Å². The Morgan fingerprint density at radius 1 is 0.935 bits per heavy atom. The highest BCUT2D eigenvalue weighted by molar-refractivity contribution is 5.77. The van der Waals surface area contributed by atoms with Crippen molar-refractivity contribution in [3.05, 3.63) is 47.5 Å². The molecule has 3 rings (SSSR count). The number of hydrogen-bond acceptors (Lipinski definition) is 7. The summed E-state index contributed by atoms with van der Waals surface area (Å²) in [5.41, 5.74) is 1.56. The number of nitriles is 1. The molecule has 0 aromatic heterocycles. The first-order chi connectivity index (χ1) is 15.1. The predicted molar refractivity (Wildman–Crippen MR) is 115 cm³/mol. The fourth-order valence-corrected chi connectivity index (χ4v) is 3.55. The van der Waals surface area contributed by atoms with Crippen LogP contribution in [0.1, 0.15) is 11.1 Å². The smallest absolute Gasteiger partial charge is 0.260 e. The van der Waals surface area contributed by atoms with Gasteiger partial charge >= 0.3 is 0 Å². The highest BCUT2D eigenvalue weighted by Crippen LogP contribution is 2.40. The molecular weight excluding hydrogens is 398 g/mol. The highest BCUT2D eigenvalue weighted by atomic mass is 16.5. The minimum atomic E-state index is -0.0484. The molecule has 31 heavy (non-hydrogen) atoms. The number of hydrogen-bond donors (Lipinski definition) is 0. The minimum Gasteiger partial charge on any atom is -0.493 e. The average molecular weight is 425 g/mol. The van der Waals surface area contributed by atoms with E-state index >= 15 is 0 Å². The topological polar surface area (TPSA) is 84.3 Å². The van der Waals surface area contributed by atoms with E-state index in [0.717, 1.165) is 18.7 Å². The summed E-state index contributed by atoms with van der Waals surface area (Å²) < 4.78 is 21.9. The van der Waals surface area contributed by atoms with Gasteiger partial charge < -0.3 is 23.8 Å². The number of carbonyl (C=O) groups is 1. The molecule has 8 heteroatoms. The van der Waals surface area contributed by atoms with Crippen LogP contribution in [0.2, 0.25) is 0 Å². The van der Waals surface area contributed by atoms with Crippen LogP contribution in [0.25, 0.3) is 0 Å². The van der Waals surface area contributed by atoms with E-state index in [2.05, 4.69) is 11.0 Å². The largest absolute Gasteiger partial charge is 0.493 e. The molecule has 2 aromatic carbocycles. The Hall–Kier alpha value is -3.44. The van der Waals surface area contributed by atoms with Crippen molar-refractivity contribution >= 4 is 5.91 Å². The number of methoxy groups -OCH3 is 3. The molecule has 1 heterocycles. The van der Waals surface area contributed by atoms with Crippen molar-refractivity contribution in [1.82, 2.24) is 9.80 Å². The molecular formula is C23H27N3O5. The van der Waals surface area contributed by atoms with Crippen LogP contribution in [0.5, 0.6) is 23.0 Å². The molecule has 0 bridgehead atoms. The number of amides is 1. The van der Waals surface area contributed by atoms with Crippen LogP contribution in [0.3, 0.4) is 0 Å².